The molecule has 2 fully saturated rings. The van der Waals surface area contributed by atoms with Crippen molar-refractivity contribution >= 4 is 5.91 Å². The number of carbonyl (C=O) groups excluding carboxylic acids is 1. The van der Waals surface area contributed by atoms with Crippen LogP contribution in [0.5, 0.6) is 5.75 Å². The summed E-state index contributed by atoms with van der Waals surface area (Å²) in [6.07, 6.45) is 3.64. The van der Waals surface area contributed by atoms with Crippen molar-refractivity contribution in [1.82, 2.24) is 4.90 Å². The molecule has 0 aromatic heterocycles. The molecule has 0 unspecified atom stereocenters. The fourth-order valence-corrected chi connectivity index (χ4v) is 5.13. The lowest BCUT2D eigenvalue weighted by Crippen LogP contribution is -2.44. The summed E-state index contributed by atoms with van der Waals surface area (Å²) < 4.78 is 5.47. The van der Waals surface area contributed by atoms with Crippen molar-refractivity contribution in [2.75, 3.05) is 13.7 Å². The third-order valence-electron chi connectivity index (χ3n) is 6.39. The molecule has 2 aliphatic heterocycles. The Hall–Kier alpha value is -2.33. The van der Waals surface area contributed by atoms with Gasteiger partial charge in [-0.3, -0.25) is 4.79 Å². The van der Waals surface area contributed by atoms with Gasteiger partial charge in [-0.25, -0.2) is 0 Å². The maximum Gasteiger partial charge on any atom is 0.258 e. The van der Waals surface area contributed by atoms with Crippen molar-refractivity contribution in [3.63, 3.8) is 0 Å². The van der Waals surface area contributed by atoms with Gasteiger partial charge in [-0.1, -0.05) is 36.4 Å². The third-order valence-corrected chi connectivity index (χ3v) is 6.39. The number of ether oxygens (including phenoxy) is 1. The first-order valence-corrected chi connectivity index (χ1v) is 9.70. The van der Waals surface area contributed by atoms with Gasteiger partial charge in [0.2, 0.25) is 0 Å². The van der Waals surface area contributed by atoms with E-state index >= 15 is 0 Å². The van der Waals surface area contributed by atoms with E-state index < -0.39 is 0 Å². The third kappa shape index (κ3) is 3.02. The van der Waals surface area contributed by atoms with Gasteiger partial charge in [-0.05, 0) is 55.9 Å². The second-order valence-electron chi connectivity index (χ2n) is 8.05. The summed E-state index contributed by atoms with van der Waals surface area (Å²) in [5.74, 6) is 0.659. The summed E-state index contributed by atoms with van der Waals surface area (Å²) in [6, 6.07) is 16.3. The molecule has 4 heteroatoms. The van der Waals surface area contributed by atoms with Crippen LogP contribution < -0.4 is 4.74 Å². The van der Waals surface area contributed by atoms with Crippen molar-refractivity contribution in [2.45, 2.75) is 44.7 Å². The SMILES string of the molecule is COc1cc(C)ccc1C(=O)N1[C@H]2CC[C@@H]1[C@@](CO)(Cc1ccccc1)C2. The lowest BCUT2D eigenvalue weighted by atomic mass is 9.70. The van der Waals surface area contributed by atoms with E-state index in [0.717, 1.165) is 31.2 Å². The van der Waals surface area contributed by atoms with Crippen molar-refractivity contribution < 1.29 is 14.6 Å². The maximum atomic E-state index is 13.4. The van der Waals surface area contributed by atoms with Crippen molar-refractivity contribution in [3.8, 4) is 5.75 Å². The second kappa shape index (κ2) is 7.01. The Morgan fingerprint density at radius 2 is 2.00 bits per heavy atom. The minimum absolute atomic E-state index is 0.0303. The molecule has 4 rings (SSSR count). The predicted octanol–water partition coefficient (Wildman–Crippen LogP) is 3.60. The predicted molar refractivity (Wildman–Crippen MR) is 105 cm³/mol. The number of benzene rings is 2. The number of hydrogen-bond donors (Lipinski definition) is 1. The minimum atomic E-state index is -0.252. The Labute approximate surface area is 160 Å². The van der Waals surface area contributed by atoms with Crippen LogP contribution in [0, 0.1) is 12.3 Å². The molecule has 2 aromatic rings. The number of nitrogens with zero attached hydrogens (tertiary/aromatic N) is 1. The molecule has 142 valence electrons. The van der Waals surface area contributed by atoms with Crippen LogP contribution in [0.4, 0.5) is 0 Å². The first-order chi connectivity index (χ1) is 13.1. The monoisotopic (exact) mass is 365 g/mol. The summed E-state index contributed by atoms with van der Waals surface area (Å²) in [6.45, 7) is 2.10. The number of aryl methyl sites for hydroxylation is 1. The highest BCUT2D eigenvalue weighted by Crippen LogP contribution is 2.52. The van der Waals surface area contributed by atoms with Gasteiger partial charge in [0.25, 0.3) is 5.91 Å². The van der Waals surface area contributed by atoms with Gasteiger partial charge in [-0.2, -0.15) is 0 Å². The molecule has 2 saturated heterocycles. The Balaban J connectivity index is 1.64. The molecular weight excluding hydrogens is 338 g/mol. The lowest BCUT2D eigenvalue weighted by Gasteiger charge is -2.36. The summed E-state index contributed by atoms with van der Waals surface area (Å²) in [7, 11) is 1.61. The van der Waals surface area contributed by atoms with Gasteiger partial charge < -0.3 is 14.7 Å². The van der Waals surface area contributed by atoms with E-state index in [9.17, 15) is 9.90 Å². The first-order valence-electron chi connectivity index (χ1n) is 9.70. The highest BCUT2D eigenvalue weighted by atomic mass is 16.5. The number of hydrogen-bond acceptors (Lipinski definition) is 3. The molecule has 2 aromatic carbocycles. The van der Waals surface area contributed by atoms with Gasteiger partial charge in [-0.15, -0.1) is 0 Å². The number of aliphatic hydroxyl groups is 1. The number of aliphatic hydroxyl groups excluding tert-OH is 1. The van der Waals surface area contributed by atoms with Gasteiger partial charge in [0.05, 0.1) is 19.3 Å². The summed E-state index contributed by atoms with van der Waals surface area (Å²) in [5, 5.41) is 10.3. The van der Waals surface area contributed by atoms with Crippen LogP contribution in [0.3, 0.4) is 0 Å². The average Bonchev–Trinajstić information content (AvgIpc) is 3.24. The van der Waals surface area contributed by atoms with Crippen LogP contribution in [0.2, 0.25) is 0 Å². The minimum Gasteiger partial charge on any atom is -0.496 e. The molecule has 3 atom stereocenters. The average molecular weight is 365 g/mol. The van der Waals surface area contributed by atoms with E-state index in [2.05, 4.69) is 12.1 Å². The largest absolute Gasteiger partial charge is 0.496 e. The van der Waals surface area contributed by atoms with Crippen LogP contribution in [0.15, 0.2) is 48.5 Å². The van der Waals surface area contributed by atoms with E-state index in [1.807, 2.05) is 48.2 Å². The molecule has 27 heavy (non-hydrogen) atoms. The molecular formula is C23H27NO3. The zero-order valence-corrected chi connectivity index (χ0v) is 16.0. The van der Waals surface area contributed by atoms with Crippen LogP contribution in [0.1, 0.15) is 40.7 Å². The molecule has 1 amide bonds. The Bertz CT molecular complexity index is 835. The molecule has 0 spiro atoms. The molecule has 2 aliphatic rings. The van der Waals surface area contributed by atoms with Crippen molar-refractivity contribution in [3.05, 3.63) is 65.2 Å². The van der Waals surface area contributed by atoms with E-state index in [4.69, 9.17) is 4.74 Å². The number of fused-ring (bicyclic) bond motifs is 2. The molecule has 0 saturated carbocycles. The van der Waals surface area contributed by atoms with Gasteiger partial charge >= 0.3 is 0 Å². The fourth-order valence-electron chi connectivity index (χ4n) is 5.13. The Morgan fingerprint density at radius 3 is 2.70 bits per heavy atom. The Kier molecular flexibility index (Phi) is 4.68. The molecule has 1 N–H and O–H groups in total. The van der Waals surface area contributed by atoms with E-state index in [1.165, 1.54) is 5.56 Å². The molecule has 0 radical (unpaired) electrons. The molecule has 2 bridgehead atoms. The Morgan fingerprint density at radius 1 is 1.22 bits per heavy atom. The van der Waals surface area contributed by atoms with Gasteiger partial charge in [0.1, 0.15) is 5.75 Å². The first kappa shape index (κ1) is 18.1. The van der Waals surface area contributed by atoms with Gasteiger partial charge in [0, 0.05) is 17.5 Å². The standard InChI is InChI=1S/C23H27NO3/c1-16-8-10-19(20(12-16)27-2)22(26)24-18-9-11-21(24)23(14-18,15-25)13-17-6-4-3-5-7-17/h3-8,10,12,18,21,25H,9,11,13-15H2,1-2H3/t18-,21+,23-/m0/s1. The number of carbonyl (C=O) groups is 1. The highest BCUT2D eigenvalue weighted by molar-refractivity contribution is 5.98. The number of rotatable bonds is 5. The van der Waals surface area contributed by atoms with E-state index in [-0.39, 0.29) is 30.0 Å². The van der Waals surface area contributed by atoms with Crippen LogP contribution >= 0.6 is 0 Å². The van der Waals surface area contributed by atoms with Crippen LogP contribution in [0.25, 0.3) is 0 Å². The molecule has 4 nitrogen and oxygen atoms in total. The zero-order valence-electron chi connectivity index (χ0n) is 16.0. The normalized spacial score (nSPS) is 26.4. The quantitative estimate of drug-likeness (QED) is 0.881. The zero-order chi connectivity index (χ0) is 19.0. The second-order valence-corrected chi connectivity index (χ2v) is 8.05. The van der Waals surface area contributed by atoms with Crippen LogP contribution in [-0.4, -0.2) is 41.7 Å². The smallest absolute Gasteiger partial charge is 0.258 e. The molecule has 0 aliphatic carbocycles. The maximum absolute atomic E-state index is 13.4. The van der Waals surface area contributed by atoms with Crippen molar-refractivity contribution in [1.29, 1.82) is 0 Å². The lowest BCUT2D eigenvalue weighted by molar-refractivity contribution is 0.0569. The van der Waals surface area contributed by atoms with Crippen LogP contribution in [-0.2, 0) is 6.42 Å². The summed E-state index contributed by atoms with van der Waals surface area (Å²) >= 11 is 0. The highest BCUT2D eigenvalue weighted by Gasteiger charge is 2.57. The van der Waals surface area contributed by atoms with Gasteiger partial charge in [0.15, 0.2) is 0 Å². The number of methoxy groups -OCH3 is 1. The summed E-state index contributed by atoms with van der Waals surface area (Å²) in [4.78, 5) is 15.5. The number of amides is 1. The fraction of sp³-hybridized carbons (Fsp3) is 0.435. The van der Waals surface area contributed by atoms with E-state index in [1.54, 1.807) is 7.11 Å². The topological polar surface area (TPSA) is 49.8 Å². The van der Waals surface area contributed by atoms with Crippen molar-refractivity contribution in [2.24, 2.45) is 5.41 Å². The summed E-state index contributed by atoms with van der Waals surface area (Å²) in [5.41, 5.74) is 2.66. The van der Waals surface area contributed by atoms with E-state index in [0.29, 0.717) is 11.3 Å². The molecule has 2 heterocycles.